The predicted molar refractivity (Wildman–Crippen MR) is 69.8 cm³/mol. The fourth-order valence-corrected chi connectivity index (χ4v) is 1.73. The van der Waals surface area contributed by atoms with E-state index < -0.39 is 0 Å². The molecule has 0 saturated heterocycles. The zero-order chi connectivity index (χ0) is 12.3. The predicted octanol–water partition coefficient (Wildman–Crippen LogP) is 4.24. The maximum Gasteiger partial charge on any atom is 0.120 e. The van der Waals surface area contributed by atoms with Crippen LogP contribution in [0.4, 0.5) is 0 Å². The van der Waals surface area contributed by atoms with Gasteiger partial charge in [0.05, 0.1) is 0 Å². The van der Waals surface area contributed by atoms with Crippen LogP contribution in [-0.4, -0.2) is 5.60 Å². The molecule has 0 aliphatic carbocycles. The molecule has 0 aliphatic rings. The highest BCUT2D eigenvalue weighted by Gasteiger charge is 2.12. The van der Waals surface area contributed by atoms with E-state index in [0.29, 0.717) is 5.92 Å². The lowest BCUT2D eigenvalue weighted by Gasteiger charge is -2.22. The third-order valence-electron chi connectivity index (χ3n) is 2.09. The Morgan fingerprint density at radius 1 is 1.19 bits per heavy atom. The molecule has 0 saturated carbocycles. The summed E-state index contributed by atoms with van der Waals surface area (Å²) in [6.45, 7) is 14.6. The minimum absolute atomic E-state index is 0.150. The largest absolute Gasteiger partial charge is 0.488 e. The van der Waals surface area contributed by atoms with Crippen molar-refractivity contribution < 1.29 is 4.74 Å². The molecule has 0 heterocycles. The van der Waals surface area contributed by atoms with E-state index in [2.05, 4.69) is 53.7 Å². The molecule has 0 amide bonds. The number of rotatable bonds is 3. The summed E-state index contributed by atoms with van der Waals surface area (Å²) in [5.41, 5.74) is 2.18. The Balaban J connectivity index is 2.90. The third kappa shape index (κ3) is 4.69. The van der Waals surface area contributed by atoms with Crippen LogP contribution in [0.15, 0.2) is 18.2 Å². The van der Waals surface area contributed by atoms with E-state index in [1.807, 2.05) is 6.07 Å². The lowest BCUT2D eigenvalue weighted by atomic mass is 10.0. The molecule has 1 aromatic carbocycles. The van der Waals surface area contributed by atoms with Gasteiger partial charge in [0.15, 0.2) is 0 Å². The van der Waals surface area contributed by atoms with Gasteiger partial charge in [0.1, 0.15) is 11.4 Å². The summed E-state index contributed by atoms with van der Waals surface area (Å²) in [4.78, 5) is 0. The highest BCUT2D eigenvalue weighted by Crippen LogP contribution is 2.23. The molecular formula is C15H23O. The first-order chi connectivity index (χ1) is 7.26. The monoisotopic (exact) mass is 219 g/mol. The van der Waals surface area contributed by atoms with Gasteiger partial charge in [-0.05, 0) is 63.3 Å². The van der Waals surface area contributed by atoms with Crippen LogP contribution in [0.25, 0.3) is 0 Å². The van der Waals surface area contributed by atoms with Crippen molar-refractivity contribution in [1.82, 2.24) is 0 Å². The van der Waals surface area contributed by atoms with E-state index >= 15 is 0 Å². The normalized spacial score (nSPS) is 11.9. The molecule has 0 unspecified atom stereocenters. The SMILES string of the molecule is [CH2]c1cc(CC(C)C)cc(OC(C)(C)C)c1. The highest BCUT2D eigenvalue weighted by atomic mass is 16.5. The van der Waals surface area contributed by atoms with Crippen LogP contribution >= 0.6 is 0 Å². The maximum atomic E-state index is 5.86. The Morgan fingerprint density at radius 3 is 2.31 bits per heavy atom. The molecule has 16 heavy (non-hydrogen) atoms. The summed E-state index contributed by atoms with van der Waals surface area (Å²) in [5, 5.41) is 0. The summed E-state index contributed by atoms with van der Waals surface area (Å²) in [6.07, 6.45) is 1.07. The Hall–Kier alpha value is -0.980. The maximum absolute atomic E-state index is 5.86. The summed E-state index contributed by atoms with van der Waals surface area (Å²) < 4.78 is 5.86. The van der Waals surface area contributed by atoms with E-state index in [4.69, 9.17) is 4.74 Å². The van der Waals surface area contributed by atoms with Crippen LogP contribution in [0, 0.1) is 12.8 Å². The van der Waals surface area contributed by atoms with Crippen molar-refractivity contribution in [3.63, 3.8) is 0 Å². The van der Waals surface area contributed by atoms with Crippen LogP contribution in [0.5, 0.6) is 5.75 Å². The number of hydrogen-bond acceptors (Lipinski definition) is 1. The summed E-state index contributed by atoms with van der Waals surface area (Å²) in [6, 6.07) is 6.25. The van der Waals surface area contributed by atoms with Crippen molar-refractivity contribution in [2.24, 2.45) is 5.92 Å². The fraction of sp³-hybridized carbons (Fsp3) is 0.533. The van der Waals surface area contributed by atoms with E-state index in [-0.39, 0.29) is 5.60 Å². The second-order valence-corrected chi connectivity index (χ2v) is 5.80. The van der Waals surface area contributed by atoms with E-state index in [9.17, 15) is 0 Å². The Labute approximate surface area is 99.8 Å². The molecule has 0 aromatic heterocycles. The lowest BCUT2D eigenvalue weighted by Crippen LogP contribution is -2.23. The zero-order valence-electron chi connectivity index (χ0n) is 11.1. The molecule has 0 aliphatic heterocycles. The van der Waals surface area contributed by atoms with Crippen LogP contribution in [0.3, 0.4) is 0 Å². The van der Waals surface area contributed by atoms with Gasteiger partial charge in [-0.3, -0.25) is 0 Å². The molecule has 89 valence electrons. The lowest BCUT2D eigenvalue weighted by molar-refractivity contribution is 0.131. The summed E-state index contributed by atoms with van der Waals surface area (Å²) in [5.74, 6) is 1.58. The van der Waals surface area contributed by atoms with Gasteiger partial charge in [0, 0.05) is 0 Å². The molecule has 1 radical (unpaired) electrons. The average molecular weight is 219 g/mol. The first-order valence-corrected chi connectivity index (χ1v) is 5.91. The van der Waals surface area contributed by atoms with Crippen molar-refractivity contribution >= 4 is 0 Å². The molecule has 1 rings (SSSR count). The van der Waals surface area contributed by atoms with Gasteiger partial charge in [-0.2, -0.15) is 0 Å². The molecule has 0 fully saturated rings. The number of hydrogen-bond donors (Lipinski definition) is 0. The minimum Gasteiger partial charge on any atom is -0.488 e. The Morgan fingerprint density at radius 2 is 1.81 bits per heavy atom. The first kappa shape index (κ1) is 13.1. The van der Waals surface area contributed by atoms with Crippen molar-refractivity contribution in [3.8, 4) is 5.75 Å². The van der Waals surface area contributed by atoms with Gasteiger partial charge in [0.2, 0.25) is 0 Å². The second kappa shape index (κ2) is 4.90. The third-order valence-corrected chi connectivity index (χ3v) is 2.09. The molecule has 0 bridgehead atoms. The van der Waals surface area contributed by atoms with Crippen LogP contribution < -0.4 is 4.74 Å². The Kier molecular flexibility index (Phi) is 4.01. The molecule has 0 spiro atoms. The Bertz CT molecular complexity index is 345. The molecule has 1 heteroatoms. The number of benzene rings is 1. The van der Waals surface area contributed by atoms with Gasteiger partial charge >= 0.3 is 0 Å². The topological polar surface area (TPSA) is 9.23 Å². The highest BCUT2D eigenvalue weighted by molar-refractivity contribution is 5.36. The van der Waals surface area contributed by atoms with Gasteiger partial charge < -0.3 is 4.74 Å². The molecule has 1 aromatic rings. The summed E-state index contributed by atoms with van der Waals surface area (Å²) >= 11 is 0. The van der Waals surface area contributed by atoms with Crippen molar-refractivity contribution in [2.45, 2.75) is 46.6 Å². The van der Waals surface area contributed by atoms with Crippen molar-refractivity contribution in [2.75, 3.05) is 0 Å². The number of ether oxygens (including phenoxy) is 1. The molecule has 1 nitrogen and oxygen atoms in total. The minimum atomic E-state index is -0.150. The van der Waals surface area contributed by atoms with Gasteiger partial charge in [-0.1, -0.05) is 19.9 Å². The first-order valence-electron chi connectivity index (χ1n) is 5.91. The summed E-state index contributed by atoms with van der Waals surface area (Å²) in [7, 11) is 0. The van der Waals surface area contributed by atoms with Crippen LogP contribution in [-0.2, 0) is 6.42 Å². The quantitative estimate of drug-likeness (QED) is 0.738. The fourth-order valence-electron chi connectivity index (χ4n) is 1.73. The molecule has 0 N–H and O–H groups in total. The van der Waals surface area contributed by atoms with E-state index in [0.717, 1.165) is 17.7 Å². The van der Waals surface area contributed by atoms with Gasteiger partial charge in [-0.25, -0.2) is 0 Å². The van der Waals surface area contributed by atoms with Crippen molar-refractivity contribution in [3.05, 3.63) is 36.2 Å². The van der Waals surface area contributed by atoms with E-state index in [1.54, 1.807) is 0 Å². The van der Waals surface area contributed by atoms with Crippen LogP contribution in [0.2, 0.25) is 0 Å². The van der Waals surface area contributed by atoms with E-state index in [1.165, 1.54) is 5.56 Å². The molecular weight excluding hydrogens is 196 g/mol. The van der Waals surface area contributed by atoms with Crippen molar-refractivity contribution in [1.29, 1.82) is 0 Å². The standard InChI is InChI=1S/C15H23O/c1-11(2)7-13-8-12(3)9-14(10-13)16-15(4,5)6/h8-11H,3,7H2,1-2,4-6H3. The smallest absolute Gasteiger partial charge is 0.120 e. The van der Waals surface area contributed by atoms with Crippen LogP contribution in [0.1, 0.15) is 45.7 Å². The average Bonchev–Trinajstić information content (AvgIpc) is 1.96. The van der Waals surface area contributed by atoms with Gasteiger partial charge in [-0.15, -0.1) is 0 Å². The molecule has 0 atom stereocenters. The zero-order valence-corrected chi connectivity index (χ0v) is 11.1. The second-order valence-electron chi connectivity index (χ2n) is 5.80. The van der Waals surface area contributed by atoms with Gasteiger partial charge in [0.25, 0.3) is 0 Å².